The highest BCUT2D eigenvalue weighted by Gasteiger charge is 2.02. The summed E-state index contributed by atoms with van der Waals surface area (Å²) in [6.45, 7) is 2.24. The van der Waals surface area contributed by atoms with Crippen molar-refractivity contribution in [3.05, 3.63) is 29.8 Å². The lowest BCUT2D eigenvalue weighted by Crippen LogP contribution is -2.11. The van der Waals surface area contributed by atoms with Crippen molar-refractivity contribution in [1.29, 1.82) is 0 Å². The Morgan fingerprint density at radius 3 is 2.32 bits per heavy atom. The molecule has 0 fully saturated rings. The van der Waals surface area contributed by atoms with Gasteiger partial charge in [-0.3, -0.25) is 4.79 Å². The molecular formula is C20H29NO. The number of carbonyl (C=O) groups is 1. The molecule has 0 bridgehead atoms. The number of carbonyl (C=O) groups excluding carboxylic acids is 1. The van der Waals surface area contributed by atoms with Crippen molar-refractivity contribution < 1.29 is 4.79 Å². The van der Waals surface area contributed by atoms with Gasteiger partial charge in [-0.1, -0.05) is 70.3 Å². The molecule has 0 radical (unpaired) electrons. The Kier molecular flexibility index (Phi) is 9.87. The molecule has 120 valence electrons. The number of benzene rings is 1. The van der Waals surface area contributed by atoms with E-state index in [0.717, 1.165) is 24.1 Å². The highest BCUT2D eigenvalue weighted by atomic mass is 16.1. The van der Waals surface area contributed by atoms with Crippen LogP contribution in [0, 0.1) is 12.3 Å². The van der Waals surface area contributed by atoms with E-state index in [1.807, 2.05) is 24.3 Å². The van der Waals surface area contributed by atoms with Crippen LogP contribution in [0.4, 0.5) is 5.69 Å². The van der Waals surface area contributed by atoms with E-state index in [-0.39, 0.29) is 5.91 Å². The summed E-state index contributed by atoms with van der Waals surface area (Å²) in [5.74, 6) is 2.65. The fourth-order valence-corrected chi connectivity index (χ4v) is 2.51. The molecule has 0 saturated heterocycles. The van der Waals surface area contributed by atoms with Gasteiger partial charge < -0.3 is 5.32 Å². The molecule has 0 aliphatic heterocycles. The van der Waals surface area contributed by atoms with Crippen LogP contribution in [0.3, 0.4) is 0 Å². The topological polar surface area (TPSA) is 29.1 Å². The van der Waals surface area contributed by atoms with E-state index in [1.165, 1.54) is 44.9 Å². The maximum absolute atomic E-state index is 11.9. The fourth-order valence-electron chi connectivity index (χ4n) is 2.51. The van der Waals surface area contributed by atoms with E-state index < -0.39 is 0 Å². The van der Waals surface area contributed by atoms with Crippen LogP contribution in [-0.2, 0) is 4.79 Å². The van der Waals surface area contributed by atoms with Gasteiger partial charge in [-0.2, -0.15) is 0 Å². The summed E-state index contributed by atoms with van der Waals surface area (Å²) in [6, 6.07) is 7.42. The van der Waals surface area contributed by atoms with Crippen LogP contribution in [0.5, 0.6) is 0 Å². The average molecular weight is 299 g/mol. The monoisotopic (exact) mass is 299 g/mol. The molecule has 0 saturated carbocycles. The number of hydrogen-bond donors (Lipinski definition) is 1. The van der Waals surface area contributed by atoms with Gasteiger partial charge in [0.15, 0.2) is 0 Å². The smallest absolute Gasteiger partial charge is 0.224 e. The standard InChI is InChI=1S/C20H29NO/c1-3-5-6-7-8-9-10-11-12-16-20(22)21-19-15-13-14-18(4-2)17-19/h2,13-15,17H,3,5-12,16H2,1H3,(H,21,22). The lowest BCUT2D eigenvalue weighted by Gasteiger charge is -2.06. The largest absolute Gasteiger partial charge is 0.326 e. The lowest BCUT2D eigenvalue weighted by atomic mass is 10.1. The minimum Gasteiger partial charge on any atom is -0.326 e. The molecule has 0 spiro atoms. The third-order valence-corrected chi connectivity index (χ3v) is 3.82. The Balaban J connectivity index is 2.05. The number of rotatable bonds is 11. The van der Waals surface area contributed by atoms with E-state index in [4.69, 9.17) is 6.42 Å². The van der Waals surface area contributed by atoms with E-state index >= 15 is 0 Å². The van der Waals surface area contributed by atoms with Crippen LogP contribution in [0.15, 0.2) is 24.3 Å². The Morgan fingerprint density at radius 1 is 1.05 bits per heavy atom. The van der Waals surface area contributed by atoms with Gasteiger partial charge in [0.1, 0.15) is 0 Å². The Bertz CT molecular complexity index is 473. The lowest BCUT2D eigenvalue weighted by molar-refractivity contribution is -0.116. The SMILES string of the molecule is C#Cc1cccc(NC(=O)CCCCCCCCCCC)c1. The maximum Gasteiger partial charge on any atom is 0.224 e. The van der Waals surface area contributed by atoms with Crippen LogP contribution in [0.2, 0.25) is 0 Å². The van der Waals surface area contributed by atoms with Gasteiger partial charge >= 0.3 is 0 Å². The number of amides is 1. The zero-order valence-electron chi connectivity index (χ0n) is 13.9. The van der Waals surface area contributed by atoms with E-state index in [9.17, 15) is 4.79 Å². The van der Waals surface area contributed by atoms with Crippen LogP contribution in [0.1, 0.15) is 76.7 Å². The van der Waals surface area contributed by atoms with Gasteiger partial charge in [-0.25, -0.2) is 0 Å². The summed E-state index contributed by atoms with van der Waals surface area (Å²) in [5, 5.41) is 2.91. The summed E-state index contributed by atoms with van der Waals surface area (Å²) in [5.41, 5.74) is 1.58. The van der Waals surface area contributed by atoms with Gasteiger partial charge in [0.05, 0.1) is 0 Å². The average Bonchev–Trinajstić information content (AvgIpc) is 2.53. The molecule has 1 amide bonds. The highest BCUT2D eigenvalue weighted by molar-refractivity contribution is 5.90. The van der Waals surface area contributed by atoms with Gasteiger partial charge in [0, 0.05) is 17.7 Å². The van der Waals surface area contributed by atoms with Crippen molar-refractivity contribution in [3.8, 4) is 12.3 Å². The summed E-state index contributed by atoms with van der Waals surface area (Å²) in [7, 11) is 0. The second-order valence-electron chi connectivity index (χ2n) is 5.85. The molecule has 2 nitrogen and oxygen atoms in total. The first kappa shape index (κ1) is 18.3. The molecule has 22 heavy (non-hydrogen) atoms. The molecule has 0 atom stereocenters. The first-order valence-electron chi connectivity index (χ1n) is 8.62. The van der Waals surface area contributed by atoms with Crippen LogP contribution in [-0.4, -0.2) is 5.91 Å². The predicted octanol–water partition coefficient (Wildman–Crippen LogP) is 5.53. The maximum atomic E-state index is 11.9. The third kappa shape index (κ3) is 8.52. The molecule has 0 aromatic heterocycles. The van der Waals surface area contributed by atoms with Crippen molar-refractivity contribution >= 4 is 11.6 Å². The number of hydrogen-bond acceptors (Lipinski definition) is 1. The van der Waals surface area contributed by atoms with Gasteiger partial charge in [0.2, 0.25) is 5.91 Å². The number of terminal acetylenes is 1. The molecule has 1 aromatic carbocycles. The van der Waals surface area contributed by atoms with Gasteiger partial charge in [-0.15, -0.1) is 6.42 Å². The number of unbranched alkanes of at least 4 members (excludes halogenated alkanes) is 8. The zero-order valence-corrected chi connectivity index (χ0v) is 13.9. The van der Waals surface area contributed by atoms with E-state index in [0.29, 0.717) is 6.42 Å². The fraction of sp³-hybridized carbons (Fsp3) is 0.550. The van der Waals surface area contributed by atoms with Crippen molar-refractivity contribution in [2.75, 3.05) is 5.32 Å². The number of nitrogens with one attached hydrogen (secondary N) is 1. The molecule has 1 N–H and O–H groups in total. The molecule has 0 unspecified atom stereocenters. The molecule has 0 aliphatic rings. The summed E-state index contributed by atoms with van der Waals surface area (Å²) < 4.78 is 0. The molecule has 1 rings (SSSR count). The Hall–Kier alpha value is -1.75. The van der Waals surface area contributed by atoms with Crippen molar-refractivity contribution in [2.24, 2.45) is 0 Å². The Morgan fingerprint density at radius 2 is 1.68 bits per heavy atom. The van der Waals surface area contributed by atoms with E-state index in [1.54, 1.807) is 0 Å². The molecule has 2 heteroatoms. The van der Waals surface area contributed by atoms with Crippen LogP contribution < -0.4 is 5.32 Å². The van der Waals surface area contributed by atoms with E-state index in [2.05, 4.69) is 18.2 Å². The predicted molar refractivity (Wildman–Crippen MR) is 94.9 cm³/mol. The van der Waals surface area contributed by atoms with Gasteiger partial charge in [0.25, 0.3) is 0 Å². The number of anilines is 1. The summed E-state index contributed by atoms with van der Waals surface area (Å²) >= 11 is 0. The van der Waals surface area contributed by atoms with Crippen molar-refractivity contribution in [3.63, 3.8) is 0 Å². The summed E-state index contributed by atoms with van der Waals surface area (Å²) in [6.07, 6.45) is 17.3. The highest BCUT2D eigenvalue weighted by Crippen LogP contribution is 2.13. The second kappa shape index (κ2) is 11.9. The minimum atomic E-state index is 0.0807. The molecule has 0 heterocycles. The van der Waals surface area contributed by atoms with Crippen molar-refractivity contribution in [1.82, 2.24) is 0 Å². The van der Waals surface area contributed by atoms with Crippen molar-refractivity contribution in [2.45, 2.75) is 71.1 Å². The Labute approximate surface area is 135 Å². The summed E-state index contributed by atoms with van der Waals surface area (Å²) in [4.78, 5) is 11.9. The first-order valence-corrected chi connectivity index (χ1v) is 8.62. The quantitative estimate of drug-likeness (QED) is 0.422. The molecular weight excluding hydrogens is 270 g/mol. The van der Waals surface area contributed by atoms with Crippen LogP contribution >= 0.6 is 0 Å². The third-order valence-electron chi connectivity index (χ3n) is 3.82. The first-order chi connectivity index (χ1) is 10.8. The molecule has 1 aromatic rings. The van der Waals surface area contributed by atoms with Crippen LogP contribution in [0.25, 0.3) is 0 Å². The molecule has 0 aliphatic carbocycles. The zero-order chi connectivity index (χ0) is 16.0. The normalized spacial score (nSPS) is 10.2. The second-order valence-corrected chi connectivity index (χ2v) is 5.85. The minimum absolute atomic E-state index is 0.0807. The van der Waals surface area contributed by atoms with Gasteiger partial charge in [-0.05, 0) is 24.6 Å².